The second kappa shape index (κ2) is 5.02. The molecule has 1 aromatic rings. The molecule has 1 fully saturated rings. The topological polar surface area (TPSA) is 49.3 Å². The van der Waals surface area contributed by atoms with E-state index in [1.54, 1.807) is 0 Å². The molecule has 98 valence electrons. The first-order valence-corrected chi connectivity index (χ1v) is 7.05. The molecule has 1 aromatic carbocycles. The van der Waals surface area contributed by atoms with Gasteiger partial charge in [-0.3, -0.25) is 4.79 Å². The van der Waals surface area contributed by atoms with Crippen LogP contribution in [-0.2, 0) is 4.79 Å². The molecule has 0 saturated heterocycles. The van der Waals surface area contributed by atoms with Crippen molar-refractivity contribution in [3.8, 4) is 0 Å². The summed E-state index contributed by atoms with van der Waals surface area (Å²) in [6, 6.07) is 9.09. The molecular weight excluding hydrogens is 294 g/mol. The van der Waals surface area contributed by atoms with Gasteiger partial charge in [-0.2, -0.15) is 0 Å². The average Bonchev–Trinajstić information content (AvgIpc) is 2.99. The summed E-state index contributed by atoms with van der Waals surface area (Å²) in [6.45, 7) is 3.76. The Morgan fingerprint density at radius 3 is 2.56 bits per heavy atom. The van der Waals surface area contributed by atoms with E-state index in [4.69, 9.17) is 0 Å². The number of halogens is 1. The fraction of sp³-hybridized carbons (Fsp3) is 0.500. The molecular formula is C14H18BrNO2. The maximum absolute atomic E-state index is 12.0. The molecule has 1 aliphatic rings. The van der Waals surface area contributed by atoms with Crippen molar-refractivity contribution in [1.82, 2.24) is 5.32 Å². The molecule has 0 spiro atoms. The third kappa shape index (κ3) is 2.59. The van der Waals surface area contributed by atoms with Crippen molar-refractivity contribution in [1.29, 1.82) is 0 Å². The van der Waals surface area contributed by atoms with Gasteiger partial charge in [0.1, 0.15) is 0 Å². The summed E-state index contributed by atoms with van der Waals surface area (Å²) >= 11 is 3.45. The van der Waals surface area contributed by atoms with Crippen molar-refractivity contribution in [2.75, 3.05) is 0 Å². The normalized spacial score (nSPS) is 29.4. The van der Waals surface area contributed by atoms with Crippen LogP contribution in [0, 0.1) is 5.41 Å². The minimum Gasteiger partial charge on any atom is -0.386 e. The van der Waals surface area contributed by atoms with E-state index in [0.29, 0.717) is 0 Å². The molecule has 2 N–H and O–H groups in total. The predicted octanol–water partition coefficient (Wildman–Crippen LogP) is 2.40. The van der Waals surface area contributed by atoms with Crippen LogP contribution in [0.25, 0.3) is 0 Å². The van der Waals surface area contributed by atoms with Crippen LogP contribution in [0.1, 0.15) is 31.9 Å². The summed E-state index contributed by atoms with van der Waals surface area (Å²) in [5, 5.41) is 13.1. The van der Waals surface area contributed by atoms with Crippen LogP contribution in [0.15, 0.2) is 30.3 Å². The number of alkyl halides is 1. The van der Waals surface area contributed by atoms with Crippen LogP contribution < -0.4 is 5.32 Å². The second-order valence-corrected chi connectivity index (χ2v) is 6.31. The number of carbonyl (C=O) groups is 1. The Morgan fingerprint density at radius 1 is 1.50 bits per heavy atom. The van der Waals surface area contributed by atoms with E-state index in [2.05, 4.69) is 21.2 Å². The second-order valence-electron chi connectivity index (χ2n) is 5.21. The molecule has 0 aromatic heterocycles. The minimum absolute atomic E-state index is 0.00635. The maximum atomic E-state index is 12.0. The van der Waals surface area contributed by atoms with Crippen LogP contribution in [0.2, 0.25) is 0 Å². The Bertz CT molecular complexity index is 437. The summed E-state index contributed by atoms with van der Waals surface area (Å²) in [6.07, 6.45) is 0.179. The number of hydrogen-bond donors (Lipinski definition) is 2. The summed E-state index contributed by atoms with van der Waals surface area (Å²) < 4.78 is 0. The van der Waals surface area contributed by atoms with E-state index >= 15 is 0 Å². The summed E-state index contributed by atoms with van der Waals surface area (Å²) in [4.78, 5) is 12.3. The van der Waals surface area contributed by atoms with E-state index in [9.17, 15) is 9.90 Å². The lowest BCUT2D eigenvalue weighted by Crippen LogP contribution is -2.41. The highest BCUT2D eigenvalue weighted by molar-refractivity contribution is 9.09. The van der Waals surface area contributed by atoms with Gasteiger partial charge >= 0.3 is 0 Å². The molecule has 0 aliphatic heterocycles. The summed E-state index contributed by atoms with van der Waals surface area (Å²) in [7, 11) is 0. The van der Waals surface area contributed by atoms with Crippen molar-refractivity contribution in [3.05, 3.63) is 35.9 Å². The van der Waals surface area contributed by atoms with Gasteiger partial charge in [-0.25, -0.2) is 0 Å². The van der Waals surface area contributed by atoms with E-state index < -0.39 is 6.10 Å². The number of hydrogen-bond acceptors (Lipinski definition) is 2. The molecule has 2 rings (SSSR count). The van der Waals surface area contributed by atoms with Gasteiger partial charge in [-0.15, -0.1) is 0 Å². The van der Waals surface area contributed by atoms with Crippen molar-refractivity contribution in [2.45, 2.75) is 37.2 Å². The van der Waals surface area contributed by atoms with Crippen molar-refractivity contribution in [3.63, 3.8) is 0 Å². The van der Waals surface area contributed by atoms with Gasteiger partial charge in [0.15, 0.2) is 0 Å². The van der Waals surface area contributed by atoms with Gasteiger partial charge in [-0.1, -0.05) is 46.3 Å². The SMILES string of the molecule is C[C@@H](NC(=O)C1(C)CC1Br)[C@H](O)c1ccccc1. The molecule has 0 heterocycles. The average molecular weight is 312 g/mol. The molecule has 1 aliphatic carbocycles. The molecule has 18 heavy (non-hydrogen) atoms. The Kier molecular flexibility index (Phi) is 3.78. The smallest absolute Gasteiger partial charge is 0.227 e. The van der Waals surface area contributed by atoms with Gasteiger partial charge in [0.05, 0.1) is 17.6 Å². The highest BCUT2D eigenvalue weighted by Gasteiger charge is 2.54. The Labute approximate surface area is 116 Å². The first-order valence-electron chi connectivity index (χ1n) is 6.13. The van der Waals surface area contributed by atoms with Gasteiger partial charge in [0.25, 0.3) is 0 Å². The highest BCUT2D eigenvalue weighted by atomic mass is 79.9. The lowest BCUT2D eigenvalue weighted by atomic mass is 10.0. The van der Waals surface area contributed by atoms with Crippen molar-refractivity contribution >= 4 is 21.8 Å². The fourth-order valence-corrected chi connectivity index (χ4v) is 2.82. The van der Waals surface area contributed by atoms with Gasteiger partial charge in [0.2, 0.25) is 5.91 Å². The zero-order valence-corrected chi connectivity index (χ0v) is 12.1. The van der Waals surface area contributed by atoms with Crippen LogP contribution in [-0.4, -0.2) is 21.9 Å². The molecule has 4 atom stereocenters. The number of nitrogens with one attached hydrogen (secondary N) is 1. The van der Waals surface area contributed by atoms with Crippen LogP contribution in [0.5, 0.6) is 0 Å². The number of rotatable bonds is 4. The van der Waals surface area contributed by atoms with E-state index in [0.717, 1.165) is 12.0 Å². The summed E-state index contributed by atoms with van der Waals surface area (Å²) in [5.74, 6) is 0.00635. The number of amides is 1. The summed E-state index contributed by atoms with van der Waals surface area (Å²) in [5.41, 5.74) is 0.506. The monoisotopic (exact) mass is 311 g/mol. The Balaban J connectivity index is 1.96. The molecule has 1 saturated carbocycles. The number of benzene rings is 1. The fourth-order valence-electron chi connectivity index (χ4n) is 1.94. The predicted molar refractivity (Wildman–Crippen MR) is 74.4 cm³/mol. The number of carbonyl (C=O) groups excluding carboxylic acids is 1. The van der Waals surface area contributed by atoms with Crippen molar-refractivity contribution in [2.24, 2.45) is 5.41 Å². The van der Waals surface area contributed by atoms with E-state index in [1.807, 2.05) is 44.2 Å². The lowest BCUT2D eigenvalue weighted by Gasteiger charge is -2.22. The van der Waals surface area contributed by atoms with Crippen LogP contribution in [0.3, 0.4) is 0 Å². The van der Waals surface area contributed by atoms with Gasteiger partial charge < -0.3 is 10.4 Å². The van der Waals surface area contributed by atoms with E-state index in [-0.39, 0.29) is 22.2 Å². The molecule has 2 unspecified atom stereocenters. The maximum Gasteiger partial charge on any atom is 0.227 e. The zero-order valence-electron chi connectivity index (χ0n) is 10.6. The van der Waals surface area contributed by atoms with Gasteiger partial charge in [0, 0.05) is 4.83 Å². The Morgan fingerprint density at radius 2 is 2.06 bits per heavy atom. The highest BCUT2D eigenvalue weighted by Crippen LogP contribution is 2.51. The molecule has 4 heteroatoms. The largest absolute Gasteiger partial charge is 0.386 e. The van der Waals surface area contributed by atoms with Crippen molar-refractivity contribution < 1.29 is 9.90 Å². The van der Waals surface area contributed by atoms with Crippen LogP contribution >= 0.6 is 15.9 Å². The minimum atomic E-state index is -0.675. The first-order chi connectivity index (χ1) is 8.45. The quantitative estimate of drug-likeness (QED) is 0.839. The molecule has 0 radical (unpaired) electrons. The molecule has 3 nitrogen and oxygen atoms in total. The number of aliphatic hydroxyl groups excluding tert-OH is 1. The first kappa shape index (κ1) is 13.6. The third-order valence-electron chi connectivity index (χ3n) is 3.63. The third-order valence-corrected chi connectivity index (χ3v) is 4.96. The number of aliphatic hydroxyl groups is 1. The van der Waals surface area contributed by atoms with Gasteiger partial charge in [-0.05, 0) is 25.8 Å². The molecule has 1 amide bonds. The Hall–Kier alpha value is -0.870. The standard InChI is InChI=1S/C14H18BrNO2/c1-9(12(17)10-6-4-3-5-7-10)16-13(18)14(2)8-11(14)15/h3-7,9,11-12,17H,8H2,1-2H3,(H,16,18)/t9-,11?,12+,14?/m1/s1. The van der Waals surface area contributed by atoms with Crippen LogP contribution in [0.4, 0.5) is 0 Å². The molecule has 0 bridgehead atoms. The zero-order chi connectivity index (χ0) is 13.3. The lowest BCUT2D eigenvalue weighted by molar-refractivity contribution is -0.127. The van der Waals surface area contributed by atoms with E-state index in [1.165, 1.54) is 0 Å².